The highest BCUT2D eigenvalue weighted by atomic mass is 15.2. The summed E-state index contributed by atoms with van der Waals surface area (Å²) >= 11 is 0. The summed E-state index contributed by atoms with van der Waals surface area (Å²) in [5.74, 6) is 0.969. The number of hydrogen-bond donors (Lipinski definition) is 1. The van der Waals surface area contributed by atoms with Crippen LogP contribution in [0, 0.1) is 11.3 Å². The smallest absolute Gasteiger partial charge is 0.0382 e. The average molecular weight is 238 g/mol. The Hall–Kier alpha value is -0.0800. The SMILES string of the molecule is CCN(CC1CC1)C1(CN)CCCCC1(C)C. The maximum atomic E-state index is 6.24. The van der Waals surface area contributed by atoms with Crippen LogP contribution in [0.3, 0.4) is 0 Å². The minimum atomic E-state index is 0.266. The van der Waals surface area contributed by atoms with Crippen LogP contribution in [0.5, 0.6) is 0 Å². The van der Waals surface area contributed by atoms with Crippen molar-refractivity contribution >= 4 is 0 Å². The molecule has 100 valence electrons. The molecule has 2 N–H and O–H groups in total. The Balaban J connectivity index is 2.18. The van der Waals surface area contributed by atoms with Crippen LogP contribution < -0.4 is 5.73 Å². The van der Waals surface area contributed by atoms with Crippen LogP contribution in [-0.2, 0) is 0 Å². The van der Waals surface area contributed by atoms with Gasteiger partial charge in [0, 0.05) is 18.6 Å². The Morgan fingerprint density at radius 3 is 2.29 bits per heavy atom. The van der Waals surface area contributed by atoms with Crippen molar-refractivity contribution in [3.8, 4) is 0 Å². The summed E-state index contributed by atoms with van der Waals surface area (Å²) in [6, 6.07) is 0. The Morgan fingerprint density at radius 2 is 1.82 bits per heavy atom. The molecule has 0 saturated heterocycles. The van der Waals surface area contributed by atoms with Gasteiger partial charge in [0.05, 0.1) is 0 Å². The molecule has 1 unspecified atom stereocenters. The molecule has 2 rings (SSSR count). The third-order valence-electron chi connectivity index (χ3n) is 5.40. The lowest BCUT2D eigenvalue weighted by atomic mass is 9.62. The van der Waals surface area contributed by atoms with E-state index in [1.165, 1.54) is 45.1 Å². The van der Waals surface area contributed by atoms with Crippen LogP contribution in [0.25, 0.3) is 0 Å². The van der Waals surface area contributed by atoms with Crippen molar-refractivity contribution < 1.29 is 0 Å². The summed E-state index contributed by atoms with van der Waals surface area (Å²) in [6.45, 7) is 10.5. The predicted molar refractivity (Wildman–Crippen MR) is 74.0 cm³/mol. The Labute approximate surface area is 107 Å². The second-order valence-corrected chi connectivity index (χ2v) is 6.81. The summed E-state index contributed by atoms with van der Waals surface area (Å²) < 4.78 is 0. The fourth-order valence-corrected chi connectivity index (χ4v) is 3.87. The highest BCUT2D eigenvalue weighted by Crippen LogP contribution is 2.48. The number of nitrogens with two attached hydrogens (primary N) is 1. The highest BCUT2D eigenvalue weighted by molar-refractivity contribution is 5.05. The molecule has 0 heterocycles. The third kappa shape index (κ3) is 2.39. The molecular weight excluding hydrogens is 208 g/mol. The fraction of sp³-hybridized carbons (Fsp3) is 1.00. The van der Waals surface area contributed by atoms with E-state index >= 15 is 0 Å². The van der Waals surface area contributed by atoms with Gasteiger partial charge >= 0.3 is 0 Å². The molecule has 0 aromatic carbocycles. The van der Waals surface area contributed by atoms with Gasteiger partial charge in [0.1, 0.15) is 0 Å². The zero-order valence-electron chi connectivity index (χ0n) is 12.0. The normalized spacial score (nSPS) is 33.0. The summed E-state index contributed by atoms with van der Waals surface area (Å²) in [7, 11) is 0. The molecule has 2 aliphatic carbocycles. The minimum absolute atomic E-state index is 0.266. The molecule has 0 aromatic heterocycles. The van der Waals surface area contributed by atoms with E-state index in [9.17, 15) is 0 Å². The van der Waals surface area contributed by atoms with Gasteiger partial charge in [-0.3, -0.25) is 4.90 Å². The van der Waals surface area contributed by atoms with Crippen LogP contribution in [0.15, 0.2) is 0 Å². The van der Waals surface area contributed by atoms with Crippen molar-refractivity contribution in [3.05, 3.63) is 0 Å². The lowest BCUT2D eigenvalue weighted by Crippen LogP contribution is -2.64. The Kier molecular flexibility index (Phi) is 3.84. The van der Waals surface area contributed by atoms with E-state index in [-0.39, 0.29) is 5.54 Å². The molecule has 0 radical (unpaired) electrons. The average Bonchev–Trinajstić information content (AvgIpc) is 3.10. The molecule has 0 aromatic rings. The van der Waals surface area contributed by atoms with Crippen LogP contribution in [0.4, 0.5) is 0 Å². The molecule has 2 heteroatoms. The van der Waals surface area contributed by atoms with Gasteiger partial charge in [-0.1, -0.05) is 33.6 Å². The van der Waals surface area contributed by atoms with Crippen LogP contribution in [0.1, 0.15) is 59.3 Å². The lowest BCUT2D eigenvalue weighted by Gasteiger charge is -2.56. The van der Waals surface area contributed by atoms with E-state index in [1.807, 2.05) is 0 Å². The monoisotopic (exact) mass is 238 g/mol. The first-order chi connectivity index (χ1) is 8.05. The van der Waals surface area contributed by atoms with Crippen LogP contribution in [-0.4, -0.2) is 30.1 Å². The first kappa shape index (κ1) is 13.4. The minimum Gasteiger partial charge on any atom is -0.329 e. The van der Waals surface area contributed by atoms with Crippen molar-refractivity contribution in [1.29, 1.82) is 0 Å². The third-order valence-corrected chi connectivity index (χ3v) is 5.40. The highest BCUT2D eigenvalue weighted by Gasteiger charge is 2.49. The molecule has 2 fully saturated rings. The molecule has 1 atom stereocenters. The zero-order chi connectivity index (χ0) is 12.5. The fourth-order valence-electron chi connectivity index (χ4n) is 3.87. The number of nitrogens with zero attached hydrogens (tertiary/aromatic N) is 1. The number of likely N-dealkylation sites (N-methyl/N-ethyl adjacent to an activating group) is 1. The summed E-state index contributed by atoms with van der Waals surface area (Å²) in [4.78, 5) is 2.73. The van der Waals surface area contributed by atoms with E-state index in [0.29, 0.717) is 5.41 Å². The van der Waals surface area contributed by atoms with Gasteiger partial charge in [-0.15, -0.1) is 0 Å². The molecular formula is C15H30N2. The van der Waals surface area contributed by atoms with Crippen molar-refractivity contribution in [2.24, 2.45) is 17.1 Å². The van der Waals surface area contributed by atoms with E-state index < -0.39 is 0 Å². The first-order valence-electron chi connectivity index (χ1n) is 7.51. The molecule has 0 bridgehead atoms. The second-order valence-electron chi connectivity index (χ2n) is 6.81. The lowest BCUT2D eigenvalue weighted by molar-refractivity contribution is -0.0436. The van der Waals surface area contributed by atoms with Gasteiger partial charge in [0.15, 0.2) is 0 Å². The van der Waals surface area contributed by atoms with E-state index in [4.69, 9.17) is 5.73 Å². The second kappa shape index (κ2) is 4.89. The number of hydrogen-bond acceptors (Lipinski definition) is 2. The standard InChI is InChI=1S/C15H30N2/c1-4-17(11-13-7-8-13)15(12-16)10-6-5-9-14(15,2)3/h13H,4-12,16H2,1-3H3. The molecule has 2 saturated carbocycles. The quantitative estimate of drug-likeness (QED) is 0.798. The van der Waals surface area contributed by atoms with Crippen LogP contribution in [0.2, 0.25) is 0 Å². The maximum Gasteiger partial charge on any atom is 0.0382 e. The molecule has 17 heavy (non-hydrogen) atoms. The van der Waals surface area contributed by atoms with Crippen molar-refractivity contribution in [1.82, 2.24) is 4.90 Å². The van der Waals surface area contributed by atoms with Crippen molar-refractivity contribution in [3.63, 3.8) is 0 Å². The van der Waals surface area contributed by atoms with Gasteiger partial charge in [0.2, 0.25) is 0 Å². The van der Waals surface area contributed by atoms with E-state index in [2.05, 4.69) is 25.7 Å². The maximum absolute atomic E-state index is 6.24. The van der Waals surface area contributed by atoms with Gasteiger partial charge in [-0.2, -0.15) is 0 Å². The molecule has 0 amide bonds. The summed E-state index contributed by atoms with van der Waals surface area (Å²) in [5.41, 5.74) is 6.89. The van der Waals surface area contributed by atoms with Crippen LogP contribution >= 0.6 is 0 Å². The van der Waals surface area contributed by atoms with E-state index in [1.54, 1.807) is 0 Å². The number of rotatable bonds is 5. The van der Waals surface area contributed by atoms with E-state index in [0.717, 1.165) is 19.0 Å². The topological polar surface area (TPSA) is 29.3 Å². The van der Waals surface area contributed by atoms with Gasteiger partial charge < -0.3 is 5.73 Å². The van der Waals surface area contributed by atoms with Crippen molar-refractivity contribution in [2.45, 2.75) is 64.8 Å². The Morgan fingerprint density at radius 1 is 1.18 bits per heavy atom. The van der Waals surface area contributed by atoms with Gasteiger partial charge in [-0.05, 0) is 43.6 Å². The molecule has 2 aliphatic rings. The summed E-state index contributed by atoms with van der Waals surface area (Å²) in [5, 5.41) is 0. The molecule has 2 nitrogen and oxygen atoms in total. The van der Waals surface area contributed by atoms with Crippen molar-refractivity contribution in [2.75, 3.05) is 19.6 Å². The predicted octanol–water partition coefficient (Wildman–Crippen LogP) is 3.02. The van der Waals surface area contributed by atoms with Gasteiger partial charge in [-0.25, -0.2) is 0 Å². The van der Waals surface area contributed by atoms with Gasteiger partial charge in [0.25, 0.3) is 0 Å². The summed E-state index contributed by atoms with van der Waals surface area (Å²) in [6.07, 6.45) is 8.27. The zero-order valence-corrected chi connectivity index (χ0v) is 12.0. The molecule has 0 aliphatic heterocycles. The largest absolute Gasteiger partial charge is 0.329 e. The first-order valence-corrected chi connectivity index (χ1v) is 7.51. The molecule has 0 spiro atoms. The Bertz CT molecular complexity index is 258.